The predicted octanol–water partition coefficient (Wildman–Crippen LogP) is 5.71. The summed E-state index contributed by atoms with van der Waals surface area (Å²) in [6, 6.07) is 26.9. The number of benzene rings is 3. The quantitative estimate of drug-likeness (QED) is 0.419. The fraction of sp³-hybridized carbons (Fsp3) is 0.111. The fourth-order valence-corrected chi connectivity index (χ4v) is 4.86. The highest BCUT2D eigenvalue weighted by atomic mass is 16.1. The largest absolute Gasteiger partial charge is 0.343 e. The van der Waals surface area contributed by atoms with Crippen molar-refractivity contribution in [2.24, 2.45) is 0 Å². The number of para-hydroxylation sites is 1. The van der Waals surface area contributed by atoms with Gasteiger partial charge in [0.2, 0.25) is 5.91 Å². The number of carbonyl (C=O) groups excluding carboxylic acids is 1. The number of aromatic nitrogens is 2. The van der Waals surface area contributed by atoms with Gasteiger partial charge in [0.1, 0.15) is 0 Å². The smallest absolute Gasteiger partial charge is 0.225 e. The molecule has 5 aromatic rings. The summed E-state index contributed by atoms with van der Waals surface area (Å²) < 4.78 is 2.30. The maximum Gasteiger partial charge on any atom is 0.225 e. The highest BCUT2D eigenvalue weighted by Gasteiger charge is 2.29. The number of nitrogens with one attached hydrogen (secondary N) is 1. The third-order valence-electron chi connectivity index (χ3n) is 6.23. The number of nitrogens with zero attached hydrogens (tertiary/aromatic N) is 2. The predicted molar refractivity (Wildman–Crippen MR) is 124 cm³/mol. The van der Waals surface area contributed by atoms with Crippen LogP contribution >= 0.6 is 0 Å². The second-order valence-electron chi connectivity index (χ2n) is 8.12. The van der Waals surface area contributed by atoms with Crippen LogP contribution in [-0.2, 0) is 11.3 Å². The molecule has 0 radical (unpaired) electrons. The van der Waals surface area contributed by atoms with Gasteiger partial charge in [0, 0.05) is 42.0 Å². The number of hydrogen-bond acceptors (Lipinski definition) is 2. The number of carbonyl (C=O) groups is 1. The minimum absolute atomic E-state index is 0.0314. The highest BCUT2D eigenvalue weighted by molar-refractivity contribution is 6.06. The molecule has 0 aliphatic carbocycles. The van der Waals surface area contributed by atoms with Crippen molar-refractivity contribution in [3.05, 3.63) is 108 Å². The van der Waals surface area contributed by atoms with Crippen LogP contribution in [0, 0.1) is 0 Å². The molecule has 0 spiro atoms. The van der Waals surface area contributed by atoms with Gasteiger partial charge in [-0.2, -0.15) is 0 Å². The molecule has 3 aromatic carbocycles. The standard InChI is InChI=1S/C27H21N3O/c31-26-15-21(19-13-14-28-23-10-5-4-9-20(19)23)22-17-30(16-18-7-2-1-3-8-18)25-12-6-11-24(29-26)27(22)25/h1-14,17,21H,15-16H2,(H,29,31)/t21-/m0/s1. The summed E-state index contributed by atoms with van der Waals surface area (Å²) in [5.41, 5.74) is 6.58. The number of fused-ring (bicyclic) bond motifs is 1. The maximum atomic E-state index is 12.9. The minimum atomic E-state index is -0.0314. The lowest BCUT2D eigenvalue weighted by atomic mass is 9.87. The number of pyridine rings is 1. The van der Waals surface area contributed by atoms with Gasteiger partial charge in [-0.3, -0.25) is 9.78 Å². The maximum absolute atomic E-state index is 12.9. The van der Waals surface area contributed by atoms with Crippen LogP contribution in [0.3, 0.4) is 0 Å². The Balaban J connectivity index is 1.59. The summed E-state index contributed by atoms with van der Waals surface area (Å²) in [4.78, 5) is 17.4. The Bertz CT molecular complexity index is 1430. The number of amides is 1. The zero-order valence-corrected chi connectivity index (χ0v) is 17.0. The first kappa shape index (κ1) is 17.9. The van der Waals surface area contributed by atoms with Crippen LogP contribution in [0.1, 0.15) is 29.0 Å². The Morgan fingerprint density at radius 2 is 1.74 bits per heavy atom. The Morgan fingerprint density at radius 3 is 2.65 bits per heavy atom. The number of rotatable bonds is 3. The second kappa shape index (κ2) is 7.10. The van der Waals surface area contributed by atoms with Gasteiger partial charge in [-0.05, 0) is 41.0 Å². The molecule has 150 valence electrons. The Kier molecular flexibility index (Phi) is 4.10. The van der Waals surface area contributed by atoms with Crippen molar-refractivity contribution in [2.75, 3.05) is 5.32 Å². The molecule has 1 atom stereocenters. The molecule has 1 N–H and O–H groups in total. The average Bonchev–Trinajstić information content (AvgIpc) is 3.09. The molecular formula is C27H21N3O. The molecule has 0 bridgehead atoms. The lowest BCUT2D eigenvalue weighted by Crippen LogP contribution is -2.14. The van der Waals surface area contributed by atoms with E-state index < -0.39 is 0 Å². The zero-order valence-electron chi connectivity index (χ0n) is 17.0. The van der Waals surface area contributed by atoms with Crippen molar-refractivity contribution in [3.8, 4) is 0 Å². The highest BCUT2D eigenvalue weighted by Crippen LogP contribution is 2.42. The third kappa shape index (κ3) is 2.99. The van der Waals surface area contributed by atoms with Gasteiger partial charge in [0.15, 0.2) is 0 Å². The minimum Gasteiger partial charge on any atom is -0.343 e. The SMILES string of the molecule is O=C1C[C@@H](c2ccnc3ccccc23)c2cn(Cc3ccccc3)c3cccc(c23)N1. The molecule has 0 unspecified atom stereocenters. The summed E-state index contributed by atoms with van der Waals surface area (Å²) in [6.45, 7) is 0.790. The van der Waals surface area contributed by atoms with Gasteiger partial charge < -0.3 is 9.88 Å². The summed E-state index contributed by atoms with van der Waals surface area (Å²) in [5, 5.41) is 5.38. The van der Waals surface area contributed by atoms with E-state index in [0.29, 0.717) is 6.42 Å². The molecule has 31 heavy (non-hydrogen) atoms. The lowest BCUT2D eigenvalue weighted by Gasteiger charge is -2.16. The molecular weight excluding hydrogens is 382 g/mol. The molecule has 3 heterocycles. The third-order valence-corrected chi connectivity index (χ3v) is 6.23. The van der Waals surface area contributed by atoms with E-state index >= 15 is 0 Å². The lowest BCUT2D eigenvalue weighted by molar-refractivity contribution is -0.116. The van der Waals surface area contributed by atoms with Crippen molar-refractivity contribution in [3.63, 3.8) is 0 Å². The monoisotopic (exact) mass is 403 g/mol. The van der Waals surface area contributed by atoms with E-state index in [2.05, 4.69) is 63.5 Å². The zero-order chi connectivity index (χ0) is 20.8. The van der Waals surface area contributed by atoms with Crippen LogP contribution in [0.5, 0.6) is 0 Å². The van der Waals surface area contributed by atoms with E-state index in [9.17, 15) is 4.79 Å². The first-order valence-corrected chi connectivity index (χ1v) is 10.6. The molecule has 1 aliphatic rings. The summed E-state index contributed by atoms with van der Waals surface area (Å²) >= 11 is 0. The summed E-state index contributed by atoms with van der Waals surface area (Å²) in [5.74, 6) is 0.0141. The van der Waals surface area contributed by atoms with Crippen molar-refractivity contribution >= 4 is 33.4 Å². The van der Waals surface area contributed by atoms with E-state index in [-0.39, 0.29) is 11.8 Å². The van der Waals surface area contributed by atoms with Gasteiger partial charge in [0.25, 0.3) is 0 Å². The first-order valence-electron chi connectivity index (χ1n) is 10.6. The van der Waals surface area contributed by atoms with Crippen LogP contribution in [0.2, 0.25) is 0 Å². The van der Waals surface area contributed by atoms with Crippen LogP contribution in [0.25, 0.3) is 21.8 Å². The normalized spacial score (nSPS) is 15.7. The van der Waals surface area contributed by atoms with Gasteiger partial charge in [-0.15, -0.1) is 0 Å². The molecule has 1 amide bonds. The van der Waals surface area contributed by atoms with Crippen LogP contribution in [0.4, 0.5) is 5.69 Å². The van der Waals surface area contributed by atoms with Gasteiger partial charge in [0.05, 0.1) is 16.7 Å². The van der Waals surface area contributed by atoms with E-state index in [1.807, 2.05) is 42.6 Å². The molecule has 0 saturated carbocycles. The van der Waals surface area contributed by atoms with Crippen molar-refractivity contribution in [1.29, 1.82) is 0 Å². The fourth-order valence-electron chi connectivity index (χ4n) is 4.86. The first-order chi connectivity index (χ1) is 15.3. The van der Waals surface area contributed by atoms with Gasteiger partial charge in [-0.25, -0.2) is 0 Å². The molecule has 4 heteroatoms. The van der Waals surface area contributed by atoms with Crippen molar-refractivity contribution < 1.29 is 4.79 Å². The van der Waals surface area contributed by atoms with Crippen LogP contribution in [-0.4, -0.2) is 15.5 Å². The van der Waals surface area contributed by atoms with Crippen molar-refractivity contribution in [2.45, 2.75) is 18.9 Å². The Labute approximate surface area is 180 Å². The Morgan fingerprint density at radius 1 is 0.903 bits per heavy atom. The molecule has 1 aliphatic heterocycles. The van der Waals surface area contributed by atoms with Gasteiger partial charge in [-0.1, -0.05) is 54.6 Å². The molecule has 2 aromatic heterocycles. The number of hydrogen-bond donors (Lipinski definition) is 1. The molecule has 4 nitrogen and oxygen atoms in total. The topological polar surface area (TPSA) is 46.9 Å². The molecule has 6 rings (SSSR count). The summed E-state index contributed by atoms with van der Waals surface area (Å²) in [7, 11) is 0. The summed E-state index contributed by atoms with van der Waals surface area (Å²) in [6.07, 6.45) is 4.50. The molecule has 0 saturated heterocycles. The Hall–Kier alpha value is -3.92. The number of anilines is 1. The van der Waals surface area contributed by atoms with Gasteiger partial charge >= 0.3 is 0 Å². The second-order valence-corrected chi connectivity index (χ2v) is 8.12. The van der Waals surface area contributed by atoms with E-state index in [1.54, 1.807) is 0 Å². The molecule has 0 fully saturated rings. The van der Waals surface area contributed by atoms with Crippen LogP contribution in [0.15, 0.2) is 91.3 Å². The van der Waals surface area contributed by atoms with E-state index in [0.717, 1.165) is 39.6 Å². The van der Waals surface area contributed by atoms with E-state index in [1.165, 1.54) is 11.1 Å². The van der Waals surface area contributed by atoms with E-state index in [4.69, 9.17) is 0 Å². The van der Waals surface area contributed by atoms with Crippen molar-refractivity contribution in [1.82, 2.24) is 9.55 Å². The van der Waals surface area contributed by atoms with Crippen LogP contribution < -0.4 is 5.32 Å². The average molecular weight is 403 g/mol.